The average molecular weight is 228 g/mol. The number of aliphatic hydroxyl groups is 1. The lowest BCUT2D eigenvalue weighted by atomic mass is 10.1. The standard InChI is InChI=1S/C9H12N2O3S/c10-5(9(13)14)7(12)8-6(4-1-2-4)11-3-15-8/h3-5,7,12H,1-2,10H2,(H,13,14). The second kappa shape index (κ2) is 3.88. The molecule has 15 heavy (non-hydrogen) atoms. The third-order valence-electron chi connectivity index (χ3n) is 2.48. The second-order valence-electron chi connectivity index (χ2n) is 3.68. The Morgan fingerprint density at radius 2 is 2.33 bits per heavy atom. The van der Waals surface area contributed by atoms with Crippen molar-refractivity contribution < 1.29 is 15.0 Å². The van der Waals surface area contributed by atoms with Crippen LogP contribution in [-0.2, 0) is 4.79 Å². The van der Waals surface area contributed by atoms with Crippen molar-refractivity contribution in [2.45, 2.75) is 30.9 Å². The predicted octanol–water partition coefficient (Wildman–Crippen LogP) is 0.466. The molecule has 1 aromatic heterocycles. The fourth-order valence-electron chi connectivity index (χ4n) is 1.45. The van der Waals surface area contributed by atoms with E-state index in [0.29, 0.717) is 10.8 Å². The highest BCUT2D eigenvalue weighted by atomic mass is 32.1. The molecule has 1 aromatic rings. The molecule has 0 spiro atoms. The number of thiazole rings is 1. The highest BCUT2D eigenvalue weighted by molar-refractivity contribution is 7.09. The zero-order valence-corrected chi connectivity index (χ0v) is 8.78. The fraction of sp³-hybridized carbons (Fsp3) is 0.556. The number of aliphatic hydroxyl groups excluding tert-OH is 1. The normalized spacial score (nSPS) is 19.9. The van der Waals surface area contributed by atoms with Gasteiger partial charge in [-0.25, -0.2) is 4.98 Å². The van der Waals surface area contributed by atoms with Crippen molar-refractivity contribution in [3.8, 4) is 0 Å². The highest BCUT2D eigenvalue weighted by Crippen LogP contribution is 2.43. The van der Waals surface area contributed by atoms with Gasteiger partial charge in [0.25, 0.3) is 0 Å². The minimum Gasteiger partial charge on any atom is -0.480 e. The number of carboxylic acid groups (broad SMARTS) is 1. The van der Waals surface area contributed by atoms with Crippen LogP contribution in [-0.4, -0.2) is 27.2 Å². The fourth-order valence-corrected chi connectivity index (χ4v) is 2.35. The molecule has 2 rings (SSSR count). The van der Waals surface area contributed by atoms with Crippen LogP contribution < -0.4 is 5.73 Å². The maximum Gasteiger partial charge on any atom is 0.323 e. The molecule has 0 aromatic carbocycles. The Morgan fingerprint density at radius 3 is 2.87 bits per heavy atom. The van der Waals surface area contributed by atoms with Gasteiger partial charge in [0, 0.05) is 5.92 Å². The molecule has 1 fully saturated rings. The van der Waals surface area contributed by atoms with Gasteiger partial charge in [-0.1, -0.05) is 0 Å². The molecule has 1 saturated carbocycles. The van der Waals surface area contributed by atoms with Gasteiger partial charge in [-0.2, -0.15) is 0 Å². The summed E-state index contributed by atoms with van der Waals surface area (Å²) in [7, 11) is 0. The summed E-state index contributed by atoms with van der Waals surface area (Å²) < 4.78 is 0. The number of aliphatic carboxylic acids is 1. The SMILES string of the molecule is NC(C(=O)O)C(O)c1scnc1C1CC1. The third-order valence-corrected chi connectivity index (χ3v) is 3.40. The van der Waals surface area contributed by atoms with Crippen molar-refractivity contribution >= 4 is 17.3 Å². The van der Waals surface area contributed by atoms with Gasteiger partial charge in [0.05, 0.1) is 16.1 Å². The van der Waals surface area contributed by atoms with E-state index < -0.39 is 18.1 Å². The smallest absolute Gasteiger partial charge is 0.323 e. The van der Waals surface area contributed by atoms with Gasteiger partial charge in [0.15, 0.2) is 0 Å². The summed E-state index contributed by atoms with van der Waals surface area (Å²) in [6, 6.07) is -1.28. The zero-order valence-electron chi connectivity index (χ0n) is 7.96. The van der Waals surface area contributed by atoms with Gasteiger partial charge < -0.3 is 15.9 Å². The van der Waals surface area contributed by atoms with Crippen LogP contribution in [0.5, 0.6) is 0 Å². The molecule has 1 heterocycles. The lowest BCUT2D eigenvalue weighted by Gasteiger charge is -2.14. The van der Waals surface area contributed by atoms with E-state index in [2.05, 4.69) is 4.98 Å². The Kier molecular flexibility index (Phi) is 2.72. The van der Waals surface area contributed by atoms with Gasteiger partial charge in [0.1, 0.15) is 12.1 Å². The van der Waals surface area contributed by atoms with E-state index in [1.54, 1.807) is 5.51 Å². The lowest BCUT2D eigenvalue weighted by molar-refractivity contribution is -0.141. The van der Waals surface area contributed by atoms with Crippen LogP contribution in [0.2, 0.25) is 0 Å². The van der Waals surface area contributed by atoms with Crippen LogP contribution in [0.4, 0.5) is 0 Å². The lowest BCUT2D eigenvalue weighted by Crippen LogP contribution is -2.36. The molecule has 1 aliphatic carbocycles. The van der Waals surface area contributed by atoms with E-state index in [9.17, 15) is 9.90 Å². The predicted molar refractivity (Wildman–Crippen MR) is 54.7 cm³/mol. The quantitative estimate of drug-likeness (QED) is 0.696. The Labute approximate surface area is 90.6 Å². The van der Waals surface area contributed by atoms with Crippen LogP contribution in [0.1, 0.15) is 35.4 Å². The summed E-state index contributed by atoms with van der Waals surface area (Å²) in [6.07, 6.45) is 0.975. The van der Waals surface area contributed by atoms with Gasteiger partial charge in [-0.05, 0) is 12.8 Å². The maximum atomic E-state index is 10.6. The minimum absolute atomic E-state index is 0.391. The molecular formula is C9H12N2O3S. The van der Waals surface area contributed by atoms with Crippen molar-refractivity contribution in [3.05, 3.63) is 16.1 Å². The first-order valence-electron chi connectivity index (χ1n) is 4.71. The largest absolute Gasteiger partial charge is 0.480 e. The Hall–Kier alpha value is -0.980. The topological polar surface area (TPSA) is 96.4 Å². The second-order valence-corrected chi connectivity index (χ2v) is 4.57. The van der Waals surface area contributed by atoms with E-state index in [0.717, 1.165) is 18.5 Å². The van der Waals surface area contributed by atoms with Gasteiger partial charge in [-0.3, -0.25) is 4.79 Å². The number of nitrogens with two attached hydrogens (primary N) is 1. The van der Waals surface area contributed by atoms with Crippen molar-refractivity contribution in [2.24, 2.45) is 5.73 Å². The molecule has 82 valence electrons. The van der Waals surface area contributed by atoms with E-state index >= 15 is 0 Å². The summed E-state index contributed by atoms with van der Waals surface area (Å²) >= 11 is 1.27. The van der Waals surface area contributed by atoms with Crippen LogP contribution in [0.15, 0.2) is 5.51 Å². The number of rotatable bonds is 4. The molecule has 0 saturated heterocycles. The summed E-state index contributed by atoms with van der Waals surface area (Å²) in [6.45, 7) is 0. The van der Waals surface area contributed by atoms with Crippen LogP contribution in [0, 0.1) is 0 Å². The molecule has 0 aliphatic heterocycles. The Balaban J connectivity index is 2.20. The van der Waals surface area contributed by atoms with Crippen molar-refractivity contribution in [2.75, 3.05) is 0 Å². The molecule has 0 radical (unpaired) electrons. The number of nitrogens with zero attached hydrogens (tertiary/aromatic N) is 1. The van der Waals surface area contributed by atoms with Crippen molar-refractivity contribution in [3.63, 3.8) is 0 Å². The van der Waals surface area contributed by atoms with Crippen molar-refractivity contribution in [1.29, 1.82) is 0 Å². The van der Waals surface area contributed by atoms with Gasteiger partial charge in [-0.15, -0.1) is 11.3 Å². The third kappa shape index (κ3) is 2.01. The molecular weight excluding hydrogens is 216 g/mol. The first kappa shape index (κ1) is 10.5. The molecule has 6 heteroatoms. The summed E-state index contributed by atoms with van der Waals surface area (Å²) in [4.78, 5) is 15.4. The number of hydrogen-bond acceptors (Lipinski definition) is 5. The zero-order chi connectivity index (χ0) is 11.0. The first-order valence-corrected chi connectivity index (χ1v) is 5.59. The maximum absolute atomic E-state index is 10.6. The summed E-state index contributed by atoms with van der Waals surface area (Å²) in [5.74, 6) is -0.806. The minimum atomic E-state index is -1.28. The first-order chi connectivity index (χ1) is 7.11. The molecule has 1 aliphatic rings. The number of hydrogen-bond donors (Lipinski definition) is 3. The van der Waals surface area contributed by atoms with Crippen LogP contribution >= 0.6 is 11.3 Å². The Morgan fingerprint density at radius 1 is 1.67 bits per heavy atom. The molecule has 0 bridgehead atoms. The van der Waals surface area contributed by atoms with Gasteiger partial charge >= 0.3 is 5.97 Å². The number of carboxylic acids is 1. The highest BCUT2D eigenvalue weighted by Gasteiger charge is 2.34. The average Bonchev–Trinajstić information content (AvgIpc) is 2.94. The molecule has 0 amide bonds. The molecule has 2 atom stereocenters. The number of aromatic nitrogens is 1. The summed E-state index contributed by atoms with van der Waals surface area (Å²) in [5, 5.41) is 18.5. The van der Waals surface area contributed by atoms with Crippen molar-refractivity contribution in [1.82, 2.24) is 4.98 Å². The molecule has 5 nitrogen and oxygen atoms in total. The summed E-state index contributed by atoms with van der Waals surface area (Å²) in [5.41, 5.74) is 7.82. The van der Waals surface area contributed by atoms with Crippen LogP contribution in [0.3, 0.4) is 0 Å². The molecule has 2 unspecified atom stereocenters. The van der Waals surface area contributed by atoms with E-state index in [-0.39, 0.29) is 0 Å². The Bertz CT molecular complexity index is 375. The van der Waals surface area contributed by atoms with E-state index in [1.165, 1.54) is 11.3 Å². The molecule has 4 N–H and O–H groups in total. The monoisotopic (exact) mass is 228 g/mol. The van der Waals surface area contributed by atoms with Crippen LogP contribution in [0.25, 0.3) is 0 Å². The van der Waals surface area contributed by atoms with E-state index in [4.69, 9.17) is 10.8 Å². The van der Waals surface area contributed by atoms with Gasteiger partial charge in [0.2, 0.25) is 0 Å². The van der Waals surface area contributed by atoms with E-state index in [1.807, 2.05) is 0 Å². The number of carbonyl (C=O) groups is 1.